The van der Waals surface area contributed by atoms with Crippen LogP contribution in [0.5, 0.6) is 5.75 Å². The van der Waals surface area contributed by atoms with Gasteiger partial charge in [-0.05, 0) is 38.1 Å². The summed E-state index contributed by atoms with van der Waals surface area (Å²) in [6.07, 6.45) is 0. The van der Waals surface area contributed by atoms with Gasteiger partial charge in [0.1, 0.15) is 23.4 Å². The van der Waals surface area contributed by atoms with Gasteiger partial charge in [-0.15, -0.1) is 0 Å². The molecule has 1 amide bonds. The van der Waals surface area contributed by atoms with Crippen molar-refractivity contribution in [2.75, 3.05) is 12.4 Å². The zero-order chi connectivity index (χ0) is 21.4. The van der Waals surface area contributed by atoms with Gasteiger partial charge in [0.25, 0.3) is 5.56 Å². The summed E-state index contributed by atoms with van der Waals surface area (Å²) in [4.78, 5) is 38.9. The molecule has 1 N–H and O–H groups in total. The van der Waals surface area contributed by atoms with Crippen LogP contribution in [-0.4, -0.2) is 22.2 Å². The number of amides is 1. The molecule has 0 fully saturated rings. The van der Waals surface area contributed by atoms with E-state index in [9.17, 15) is 14.4 Å². The van der Waals surface area contributed by atoms with Crippen molar-refractivity contribution in [3.8, 4) is 5.75 Å². The van der Waals surface area contributed by atoms with Crippen LogP contribution in [0.3, 0.4) is 0 Å². The average Bonchev–Trinajstić information content (AvgIpc) is 3.11. The van der Waals surface area contributed by atoms with Crippen molar-refractivity contribution in [3.05, 3.63) is 69.4 Å². The Kier molecular flexibility index (Phi) is 4.91. The van der Waals surface area contributed by atoms with E-state index in [1.54, 1.807) is 62.4 Å². The van der Waals surface area contributed by atoms with Gasteiger partial charge in [-0.2, -0.15) is 0 Å². The van der Waals surface area contributed by atoms with E-state index in [-0.39, 0.29) is 12.1 Å². The van der Waals surface area contributed by atoms with Crippen molar-refractivity contribution in [2.45, 2.75) is 26.4 Å². The molecule has 8 heteroatoms. The first kappa shape index (κ1) is 19.5. The van der Waals surface area contributed by atoms with Gasteiger partial charge in [-0.3, -0.25) is 18.7 Å². The lowest BCUT2D eigenvalue weighted by atomic mass is 10.2. The molecule has 0 bridgehead atoms. The number of rotatable bonds is 5. The van der Waals surface area contributed by atoms with Gasteiger partial charge >= 0.3 is 5.69 Å². The third kappa shape index (κ3) is 3.16. The van der Waals surface area contributed by atoms with E-state index in [0.29, 0.717) is 27.9 Å². The number of carbonyl (C=O) groups is 1. The highest BCUT2D eigenvalue weighted by molar-refractivity contribution is 6.03. The van der Waals surface area contributed by atoms with Gasteiger partial charge in [-0.1, -0.05) is 24.3 Å². The van der Waals surface area contributed by atoms with E-state index in [2.05, 4.69) is 5.32 Å². The minimum Gasteiger partial charge on any atom is -0.495 e. The van der Waals surface area contributed by atoms with Gasteiger partial charge in [0.05, 0.1) is 12.8 Å². The van der Waals surface area contributed by atoms with Crippen LogP contribution in [0.2, 0.25) is 0 Å². The van der Waals surface area contributed by atoms with E-state index < -0.39 is 23.2 Å². The molecule has 0 spiro atoms. The fraction of sp³-hybridized carbons (Fsp3) is 0.227. The molecule has 8 nitrogen and oxygen atoms in total. The number of furan rings is 1. The Hall–Kier alpha value is -3.81. The third-order valence-electron chi connectivity index (χ3n) is 4.89. The number of hydrogen-bond acceptors (Lipinski definition) is 5. The number of hydrogen-bond donors (Lipinski definition) is 1. The molecule has 0 saturated heterocycles. The van der Waals surface area contributed by atoms with Gasteiger partial charge < -0.3 is 14.5 Å². The van der Waals surface area contributed by atoms with E-state index in [1.165, 1.54) is 11.7 Å². The number of carbonyl (C=O) groups excluding carboxylic acids is 1. The van der Waals surface area contributed by atoms with Gasteiger partial charge in [-0.25, -0.2) is 4.79 Å². The SMILES string of the molecule is COc1ccccc1NC(=O)Cn1c(=O)n(C(C)C)c(=O)c2oc3ccccc3c21. The summed E-state index contributed by atoms with van der Waals surface area (Å²) in [5.74, 6) is 0.0754. The summed E-state index contributed by atoms with van der Waals surface area (Å²) in [7, 11) is 1.51. The molecule has 4 rings (SSSR count). The molecular formula is C22H21N3O5. The average molecular weight is 407 g/mol. The zero-order valence-corrected chi connectivity index (χ0v) is 16.8. The highest BCUT2D eigenvalue weighted by Gasteiger charge is 2.22. The van der Waals surface area contributed by atoms with Crippen molar-refractivity contribution in [3.63, 3.8) is 0 Å². The van der Waals surface area contributed by atoms with Crippen LogP contribution in [0, 0.1) is 0 Å². The minimum atomic E-state index is -0.566. The molecule has 30 heavy (non-hydrogen) atoms. The summed E-state index contributed by atoms with van der Waals surface area (Å²) < 4.78 is 13.4. The van der Waals surface area contributed by atoms with E-state index in [0.717, 1.165) is 4.57 Å². The molecule has 4 aromatic rings. The standard InChI is InChI=1S/C22H21N3O5/c1-13(2)25-21(27)20-19(14-8-4-6-10-16(14)30-20)24(22(25)28)12-18(26)23-15-9-5-7-11-17(15)29-3/h4-11,13H,12H2,1-3H3,(H,23,26). The molecule has 0 aliphatic rings. The number of nitrogens with zero attached hydrogens (tertiary/aromatic N) is 2. The van der Waals surface area contributed by atoms with Crippen molar-refractivity contribution >= 4 is 33.7 Å². The number of nitrogens with one attached hydrogen (secondary N) is 1. The predicted molar refractivity (Wildman–Crippen MR) is 114 cm³/mol. The fourth-order valence-corrected chi connectivity index (χ4v) is 3.55. The summed E-state index contributed by atoms with van der Waals surface area (Å²) in [5, 5.41) is 3.36. The molecule has 0 aliphatic heterocycles. The largest absolute Gasteiger partial charge is 0.495 e. The predicted octanol–water partition coefficient (Wildman–Crippen LogP) is 3.14. The number of fused-ring (bicyclic) bond motifs is 3. The number of methoxy groups -OCH3 is 1. The van der Waals surface area contributed by atoms with Crippen LogP contribution in [0.25, 0.3) is 22.1 Å². The van der Waals surface area contributed by atoms with Crippen LogP contribution in [-0.2, 0) is 11.3 Å². The monoisotopic (exact) mass is 407 g/mol. The van der Waals surface area contributed by atoms with Crippen LogP contribution >= 0.6 is 0 Å². The summed E-state index contributed by atoms with van der Waals surface area (Å²) in [5.41, 5.74) is 0.252. The van der Waals surface area contributed by atoms with Crippen LogP contribution in [0.15, 0.2) is 62.5 Å². The van der Waals surface area contributed by atoms with Crippen LogP contribution in [0.1, 0.15) is 19.9 Å². The van der Waals surface area contributed by atoms with Crippen LogP contribution in [0.4, 0.5) is 5.69 Å². The smallest absolute Gasteiger partial charge is 0.332 e. The maximum Gasteiger partial charge on any atom is 0.332 e. The summed E-state index contributed by atoms with van der Waals surface area (Å²) in [6.45, 7) is 3.18. The first-order valence-corrected chi connectivity index (χ1v) is 9.51. The second-order valence-electron chi connectivity index (χ2n) is 7.16. The first-order chi connectivity index (χ1) is 14.4. The van der Waals surface area contributed by atoms with Crippen molar-refractivity contribution in [2.24, 2.45) is 0 Å². The molecule has 2 heterocycles. The second kappa shape index (κ2) is 7.55. The van der Waals surface area contributed by atoms with Crippen molar-refractivity contribution in [1.29, 1.82) is 0 Å². The van der Waals surface area contributed by atoms with E-state index >= 15 is 0 Å². The quantitative estimate of drug-likeness (QED) is 0.548. The molecule has 0 radical (unpaired) electrons. The molecule has 0 saturated carbocycles. The molecule has 154 valence electrons. The minimum absolute atomic E-state index is 0.0505. The Balaban J connectivity index is 1.88. The van der Waals surface area contributed by atoms with E-state index in [1.807, 2.05) is 0 Å². The van der Waals surface area contributed by atoms with E-state index in [4.69, 9.17) is 9.15 Å². The van der Waals surface area contributed by atoms with Crippen LogP contribution < -0.4 is 21.3 Å². The Morgan fingerprint density at radius 3 is 2.53 bits per heavy atom. The zero-order valence-electron chi connectivity index (χ0n) is 16.8. The maximum absolute atomic E-state index is 13.2. The third-order valence-corrected chi connectivity index (χ3v) is 4.89. The number of ether oxygens (including phenoxy) is 1. The molecule has 2 aromatic carbocycles. The molecule has 0 atom stereocenters. The summed E-state index contributed by atoms with van der Waals surface area (Å²) >= 11 is 0. The molecule has 0 aliphatic carbocycles. The Bertz CT molecular complexity index is 1380. The topological polar surface area (TPSA) is 95.5 Å². The maximum atomic E-state index is 13.2. The lowest BCUT2D eigenvalue weighted by Gasteiger charge is -2.15. The van der Waals surface area contributed by atoms with Crippen molar-refractivity contribution < 1.29 is 13.9 Å². The number of aromatic nitrogens is 2. The fourth-order valence-electron chi connectivity index (χ4n) is 3.55. The Labute approximate surface area is 171 Å². The van der Waals surface area contributed by atoms with Gasteiger partial charge in [0, 0.05) is 11.4 Å². The molecule has 0 unspecified atom stereocenters. The number of para-hydroxylation sites is 3. The van der Waals surface area contributed by atoms with Gasteiger partial charge in [0.2, 0.25) is 11.5 Å². The summed E-state index contributed by atoms with van der Waals surface area (Å²) in [6, 6.07) is 13.6. The Morgan fingerprint density at radius 1 is 1.10 bits per heavy atom. The lowest BCUT2D eigenvalue weighted by Crippen LogP contribution is -2.42. The highest BCUT2D eigenvalue weighted by Crippen LogP contribution is 2.26. The Morgan fingerprint density at radius 2 is 1.80 bits per heavy atom. The van der Waals surface area contributed by atoms with Crippen molar-refractivity contribution in [1.82, 2.24) is 9.13 Å². The number of benzene rings is 2. The lowest BCUT2D eigenvalue weighted by molar-refractivity contribution is -0.116. The molecular weight excluding hydrogens is 386 g/mol. The highest BCUT2D eigenvalue weighted by atomic mass is 16.5. The second-order valence-corrected chi connectivity index (χ2v) is 7.16. The molecule has 2 aromatic heterocycles. The van der Waals surface area contributed by atoms with Gasteiger partial charge in [0.15, 0.2) is 0 Å². The normalized spacial score (nSPS) is 11.3. The number of anilines is 1. The first-order valence-electron chi connectivity index (χ1n) is 9.51.